The van der Waals surface area contributed by atoms with Crippen molar-refractivity contribution < 1.29 is 27.9 Å². The predicted molar refractivity (Wildman–Crippen MR) is 140 cm³/mol. The second-order valence-corrected chi connectivity index (χ2v) is 10.3. The van der Waals surface area contributed by atoms with Crippen molar-refractivity contribution in [1.82, 2.24) is 29.5 Å². The Hall–Kier alpha value is -3.58. The van der Waals surface area contributed by atoms with Crippen molar-refractivity contribution in [1.29, 1.82) is 0 Å². The van der Waals surface area contributed by atoms with E-state index in [2.05, 4.69) is 25.0 Å². The van der Waals surface area contributed by atoms with Gasteiger partial charge in [0.25, 0.3) is 5.56 Å². The SMILES string of the molecule is CC(C)OC(=O)[C@H](C)NP(=O)(OCCOCn1cnc2c(=O)[nH]c(/N=C/N(C)C)nc21)Oc1ccccc1. The van der Waals surface area contributed by atoms with Crippen LogP contribution in [0.1, 0.15) is 20.8 Å². The number of benzene rings is 1. The van der Waals surface area contributed by atoms with E-state index in [0.717, 1.165) is 0 Å². The molecule has 1 unspecified atom stereocenters. The maximum atomic E-state index is 13.4. The second kappa shape index (κ2) is 13.3. The number of para-hydroxylation sites is 1. The molecule has 0 aliphatic heterocycles. The smallest absolute Gasteiger partial charge is 0.459 e. The molecule has 3 rings (SSSR count). The van der Waals surface area contributed by atoms with Gasteiger partial charge in [0.2, 0.25) is 5.95 Å². The van der Waals surface area contributed by atoms with E-state index >= 15 is 0 Å². The van der Waals surface area contributed by atoms with Crippen molar-refractivity contribution >= 4 is 37.2 Å². The minimum absolute atomic E-state index is 0.00312. The van der Waals surface area contributed by atoms with Gasteiger partial charge >= 0.3 is 13.7 Å². The Bertz CT molecular complexity index is 1340. The number of fused-ring (bicyclic) bond motifs is 1. The van der Waals surface area contributed by atoms with E-state index in [0.29, 0.717) is 5.75 Å². The molecular weight excluding hydrogens is 517 g/mol. The van der Waals surface area contributed by atoms with Crippen LogP contribution in [0.5, 0.6) is 5.75 Å². The number of H-pyrrole nitrogens is 1. The zero-order valence-corrected chi connectivity index (χ0v) is 22.8. The third-order valence-corrected chi connectivity index (χ3v) is 6.30. The zero-order chi connectivity index (χ0) is 27.7. The molecule has 206 valence electrons. The molecule has 3 aromatic rings. The van der Waals surface area contributed by atoms with Crippen LogP contribution >= 0.6 is 7.75 Å². The van der Waals surface area contributed by atoms with Gasteiger partial charge in [-0.05, 0) is 32.9 Å². The van der Waals surface area contributed by atoms with E-state index in [1.807, 2.05) is 0 Å². The number of nitrogens with zero attached hydrogens (tertiary/aromatic N) is 5. The van der Waals surface area contributed by atoms with Gasteiger partial charge in [-0.15, -0.1) is 0 Å². The molecule has 0 aliphatic carbocycles. The first-order valence-electron chi connectivity index (χ1n) is 11.8. The normalized spacial score (nSPS) is 14.1. The lowest BCUT2D eigenvalue weighted by molar-refractivity contribution is -0.149. The summed E-state index contributed by atoms with van der Waals surface area (Å²) in [6.45, 7) is 4.78. The summed E-state index contributed by atoms with van der Waals surface area (Å²) in [6, 6.07) is 7.47. The molecule has 0 saturated heterocycles. The summed E-state index contributed by atoms with van der Waals surface area (Å²) in [5.74, 6) is -0.181. The molecule has 0 radical (unpaired) electrons. The Morgan fingerprint density at radius 2 is 1.97 bits per heavy atom. The fraction of sp³-hybridized carbons (Fsp3) is 0.435. The topological polar surface area (TPSA) is 162 Å². The van der Waals surface area contributed by atoms with Gasteiger partial charge in [-0.1, -0.05) is 18.2 Å². The summed E-state index contributed by atoms with van der Waals surface area (Å²) >= 11 is 0. The van der Waals surface area contributed by atoms with Gasteiger partial charge in [-0.2, -0.15) is 10.1 Å². The fourth-order valence-corrected chi connectivity index (χ4v) is 4.46. The average Bonchev–Trinajstić information content (AvgIpc) is 3.26. The number of carbonyl (C=O) groups is 1. The standard InChI is InChI=1S/C23H32N7O7P/c1-16(2)36-22(32)17(3)28-38(33,37-18-9-7-6-8-10-18)35-12-11-34-15-30-14-24-19-20(30)26-23(27-21(19)31)25-13-29(4)5/h6-10,13-14,16-17H,11-12,15H2,1-5H3,(H,28,33)(H,26,27,31)/b25-13+/t17-,38?/m0/s1. The molecule has 2 N–H and O–H groups in total. The second-order valence-electron chi connectivity index (χ2n) is 8.59. The third-order valence-electron chi connectivity index (χ3n) is 4.62. The highest BCUT2D eigenvalue weighted by molar-refractivity contribution is 7.52. The molecule has 0 bridgehead atoms. The molecule has 0 amide bonds. The Morgan fingerprint density at radius 1 is 1.24 bits per heavy atom. The van der Waals surface area contributed by atoms with Gasteiger partial charge < -0.3 is 18.9 Å². The number of ether oxygens (including phenoxy) is 2. The van der Waals surface area contributed by atoms with E-state index in [1.165, 1.54) is 24.2 Å². The van der Waals surface area contributed by atoms with Gasteiger partial charge in [0, 0.05) is 14.1 Å². The lowest BCUT2D eigenvalue weighted by Crippen LogP contribution is -2.36. The molecule has 15 heteroatoms. The molecule has 2 atom stereocenters. The monoisotopic (exact) mass is 549 g/mol. The van der Waals surface area contributed by atoms with Crippen molar-refractivity contribution in [3.63, 3.8) is 0 Å². The lowest BCUT2D eigenvalue weighted by atomic mass is 10.3. The van der Waals surface area contributed by atoms with Crippen LogP contribution in [0.2, 0.25) is 0 Å². The molecule has 38 heavy (non-hydrogen) atoms. The van der Waals surface area contributed by atoms with Crippen molar-refractivity contribution in [2.75, 3.05) is 27.3 Å². The van der Waals surface area contributed by atoms with Crippen LogP contribution in [0.15, 0.2) is 46.4 Å². The summed E-state index contributed by atoms with van der Waals surface area (Å²) in [5, 5.41) is 2.61. The number of hydrogen-bond acceptors (Lipinski definition) is 10. The molecule has 0 saturated carbocycles. The van der Waals surface area contributed by atoms with Crippen LogP contribution in [0, 0.1) is 0 Å². The highest BCUT2D eigenvalue weighted by Crippen LogP contribution is 2.44. The zero-order valence-electron chi connectivity index (χ0n) is 21.9. The van der Waals surface area contributed by atoms with E-state index in [1.54, 1.807) is 63.2 Å². The fourth-order valence-electron chi connectivity index (χ4n) is 2.98. The first-order chi connectivity index (χ1) is 18.1. The number of esters is 1. The Morgan fingerprint density at radius 3 is 2.66 bits per heavy atom. The Labute approximate surface area is 219 Å². The van der Waals surface area contributed by atoms with Crippen molar-refractivity contribution in [2.24, 2.45) is 4.99 Å². The number of nitrogens with one attached hydrogen (secondary N) is 2. The van der Waals surface area contributed by atoms with Crippen molar-refractivity contribution in [3.8, 4) is 5.75 Å². The number of imidazole rings is 1. The average molecular weight is 550 g/mol. The summed E-state index contributed by atoms with van der Waals surface area (Å²) < 4.78 is 36.9. The van der Waals surface area contributed by atoms with Gasteiger partial charge in [0.05, 0.1) is 32.0 Å². The van der Waals surface area contributed by atoms with Crippen molar-refractivity contribution in [2.45, 2.75) is 39.6 Å². The number of aromatic nitrogens is 4. The number of aromatic amines is 1. The molecule has 0 aliphatic rings. The number of rotatable bonds is 14. The van der Waals surface area contributed by atoms with Gasteiger partial charge in [-0.25, -0.2) is 14.5 Å². The van der Waals surface area contributed by atoms with E-state index in [9.17, 15) is 14.2 Å². The quantitative estimate of drug-likeness (QED) is 0.0998. The molecule has 0 spiro atoms. The molecule has 2 aromatic heterocycles. The Balaban J connectivity index is 1.62. The number of carbonyl (C=O) groups excluding carboxylic acids is 1. The molecule has 1 aromatic carbocycles. The van der Waals surface area contributed by atoms with E-state index in [-0.39, 0.29) is 43.2 Å². The minimum Gasteiger partial charge on any atom is -0.462 e. The third kappa shape index (κ3) is 8.48. The minimum atomic E-state index is -3.99. The Kier molecular flexibility index (Phi) is 10.1. The van der Waals surface area contributed by atoms with Gasteiger partial charge in [0.1, 0.15) is 18.5 Å². The van der Waals surface area contributed by atoms with Crippen LogP contribution in [0.3, 0.4) is 0 Å². The van der Waals surface area contributed by atoms with Crippen LogP contribution in [0.4, 0.5) is 5.95 Å². The van der Waals surface area contributed by atoms with Gasteiger partial charge in [0.15, 0.2) is 11.2 Å². The van der Waals surface area contributed by atoms with Gasteiger partial charge in [-0.3, -0.25) is 23.7 Å². The van der Waals surface area contributed by atoms with Crippen LogP contribution in [-0.2, 0) is 30.1 Å². The van der Waals surface area contributed by atoms with Crippen LogP contribution in [-0.4, -0.2) is 76.2 Å². The molecular formula is C23H32N7O7P. The lowest BCUT2D eigenvalue weighted by Gasteiger charge is -2.23. The van der Waals surface area contributed by atoms with Crippen molar-refractivity contribution in [3.05, 3.63) is 47.0 Å². The van der Waals surface area contributed by atoms with E-state index < -0.39 is 25.3 Å². The number of hydrogen-bond donors (Lipinski definition) is 2. The van der Waals surface area contributed by atoms with Crippen LogP contribution in [0.25, 0.3) is 11.2 Å². The molecule has 14 nitrogen and oxygen atoms in total. The van der Waals surface area contributed by atoms with Crippen LogP contribution < -0.4 is 15.2 Å². The summed E-state index contributed by atoms with van der Waals surface area (Å²) in [6.07, 6.45) is 2.59. The summed E-state index contributed by atoms with van der Waals surface area (Å²) in [5.41, 5.74) is -0.00289. The maximum Gasteiger partial charge on any atom is 0.459 e. The molecule has 2 heterocycles. The first kappa shape index (κ1) is 29.0. The molecule has 0 fully saturated rings. The highest BCUT2D eigenvalue weighted by Gasteiger charge is 2.32. The van der Waals surface area contributed by atoms with E-state index in [4.69, 9.17) is 18.5 Å². The first-order valence-corrected chi connectivity index (χ1v) is 13.3. The summed E-state index contributed by atoms with van der Waals surface area (Å²) in [4.78, 5) is 41.3. The summed E-state index contributed by atoms with van der Waals surface area (Å²) in [7, 11) is -0.412. The highest BCUT2D eigenvalue weighted by atomic mass is 31.2. The largest absolute Gasteiger partial charge is 0.462 e. The predicted octanol–water partition coefficient (Wildman–Crippen LogP) is 2.45. The maximum absolute atomic E-state index is 13.4. The number of aliphatic imine (C=N–C) groups is 1.